The van der Waals surface area contributed by atoms with Crippen molar-refractivity contribution in [3.8, 4) is 11.5 Å². The van der Waals surface area contributed by atoms with Gasteiger partial charge in [-0.15, -0.1) is 5.10 Å². The number of aromatic nitrogens is 2. The van der Waals surface area contributed by atoms with Crippen molar-refractivity contribution in [3.63, 3.8) is 0 Å². The predicted molar refractivity (Wildman–Crippen MR) is 112 cm³/mol. The number of hydrogen-bond donors (Lipinski definition) is 0. The molecule has 2 unspecified atom stereocenters. The average molecular weight is 411 g/mol. The van der Waals surface area contributed by atoms with Gasteiger partial charge in [-0.2, -0.15) is 0 Å². The zero-order valence-electron chi connectivity index (χ0n) is 16.3. The Kier molecular flexibility index (Phi) is 10.6. The highest BCUT2D eigenvalue weighted by molar-refractivity contribution is 7.91. The molecule has 3 rings (SSSR count). The third-order valence-electron chi connectivity index (χ3n) is 4.39. The first-order chi connectivity index (χ1) is 13.2. The highest BCUT2D eigenvalue weighted by Gasteiger charge is 2.19. The largest absolute Gasteiger partial charge is 0.616 e. The number of fused-ring (bicyclic) bond motifs is 1. The van der Waals surface area contributed by atoms with Crippen LogP contribution in [0.15, 0.2) is 29.8 Å². The summed E-state index contributed by atoms with van der Waals surface area (Å²) in [6, 6.07) is 6.01. The third kappa shape index (κ3) is 8.49. The molecule has 0 N–H and O–H groups in total. The van der Waals surface area contributed by atoms with Gasteiger partial charge in [0.15, 0.2) is 11.5 Å². The molecule has 7 heteroatoms. The number of nitrogens with zero attached hydrogens (tertiary/aromatic N) is 2. The maximum absolute atomic E-state index is 12.3. The van der Waals surface area contributed by atoms with Gasteiger partial charge in [0.1, 0.15) is 11.0 Å². The van der Waals surface area contributed by atoms with Crippen molar-refractivity contribution in [2.75, 3.05) is 12.5 Å². The number of benzene rings is 1. The molecule has 0 bridgehead atoms. The van der Waals surface area contributed by atoms with E-state index in [9.17, 15) is 4.55 Å². The van der Waals surface area contributed by atoms with E-state index < -0.39 is 11.2 Å². The van der Waals surface area contributed by atoms with Crippen molar-refractivity contribution < 1.29 is 14.0 Å². The molecule has 0 amide bonds. The average Bonchev–Trinajstić information content (AvgIpc) is 3.38. The molecular formula is C20H30N2O3S2. The van der Waals surface area contributed by atoms with Crippen molar-refractivity contribution in [3.05, 3.63) is 35.3 Å². The molecule has 0 fully saturated rings. The van der Waals surface area contributed by atoms with Crippen LogP contribution in [0.3, 0.4) is 0 Å². The van der Waals surface area contributed by atoms with E-state index in [0.717, 1.165) is 30.1 Å². The molecule has 0 saturated heterocycles. The zero-order chi connectivity index (χ0) is 19.3. The van der Waals surface area contributed by atoms with Crippen molar-refractivity contribution >= 4 is 22.7 Å². The first kappa shape index (κ1) is 22.0. The van der Waals surface area contributed by atoms with Gasteiger partial charge in [-0.25, -0.2) is 0 Å². The van der Waals surface area contributed by atoms with Gasteiger partial charge in [0, 0.05) is 11.8 Å². The SMILES string of the molecule is CCCCCCCC[S+]([O-])C(C)Cc1ccc2c(c1)OCO2.c1csnn1. The van der Waals surface area contributed by atoms with Crippen LogP contribution < -0.4 is 9.47 Å². The summed E-state index contributed by atoms with van der Waals surface area (Å²) >= 11 is 0.609. The lowest BCUT2D eigenvalue weighted by Crippen LogP contribution is -2.23. The first-order valence-electron chi connectivity index (χ1n) is 9.67. The lowest BCUT2D eigenvalue weighted by Gasteiger charge is -2.18. The van der Waals surface area contributed by atoms with E-state index in [1.165, 1.54) is 49.2 Å². The van der Waals surface area contributed by atoms with Crippen molar-refractivity contribution in [2.45, 2.75) is 64.0 Å². The normalized spacial score (nSPS) is 14.3. The predicted octanol–water partition coefficient (Wildman–Crippen LogP) is 4.99. The molecule has 0 radical (unpaired) electrons. The van der Waals surface area contributed by atoms with E-state index in [0.29, 0.717) is 6.79 Å². The van der Waals surface area contributed by atoms with Gasteiger partial charge >= 0.3 is 0 Å². The van der Waals surface area contributed by atoms with E-state index in [-0.39, 0.29) is 5.25 Å². The fraction of sp³-hybridized carbons (Fsp3) is 0.600. The van der Waals surface area contributed by atoms with Crippen LogP contribution in [0, 0.1) is 0 Å². The number of unbranched alkanes of at least 4 members (excludes halogenated alkanes) is 5. The van der Waals surface area contributed by atoms with Crippen LogP contribution in [-0.4, -0.2) is 31.9 Å². The Hall–Kier alpha value is -1.31. The Morgan fingerprint density at radius 2 is 1.93 bits per heavy atom. The minimum Gasteiger partial charge on any atom is -0.616 e. The van der Waals surface area contributed by atoms with Crippen molar-refractivity contribution in [2.24, 2.45) is 0 Å². The summed E-state index contributed by atoms with van der Waals surface area (Å²) in [6.45, 7) is 4.61. The Morgan fingerprint density at radius 3 is 2.63 bits per heavy atom. The molecule has 1 aromatic heterocycles. The number of hydrogen-bond acceptors (Lipinski definition) is 6. The van der Waals surface area contributed by atoms with Gasteiger partial charge in [-0.3, -0.25) is 0 Å². The van der Waals surface area contributed by atoms with Gasteiger partial charge in [-0.1, -0.05) is 54.3 Å². The molecule has 1 aromatic carbocycles. The summed E-state index contributed by atoms with van der Waals surface area (Å²) in [5, 5.41) is 5.50. The quantitative estimate of drug-likeness (QED) is 0.407. The molecule has 150 valence electrons. The molecule has 27 heavy (non-hydrogen) atoms. The third-order valence-corrected chi connectivity index (χ3v) is 6.58. The highest BCUT2D eigenvalue weighted by atomic mass is 32.2. The summed E-state index contributed by atoms with van der Waals surface area (Å²) in [6.07, 6.45) is 9.98. The van der Waals surface area contributed by atoms with E-state index in [1.54, 1.807) is 6.20 Å². The number of rotatable bonds is 10. The van der Waals surface area contributed by atoms with E-state index in [2.05, 4.69) is 23.4 Å². The molecule has 0 spiro atoms. The molecule has 0 aliphatic carbocycles. The topological polar surface area (TPSA) is 67.3 Å². The van der Waals surface area contributed by atoms with Crippen molar-refractivity contribution in [1.82, 2.24) is 9.59 Å². The summed E-state index contributed by atoms with van der Waals surface area (Å²) in [5.74, 6) is 2.45. The van der Waals surface area contributed by atoms with Gasteiger partial charge in [0.25, 0.3) is 0 Å². The Labute approximate surface area is 169 Å². The lowest BCUT2D eigenvalue weighted by molar-refractivity contribution is 0.174. The Morgan fingerprint density at radius 1 is 1.15 bits per heavy atom. The zero-order valence-corrected chi connectivity index (χ0v) is 17.9. The second kappa shape index (κ2) is 13.0. The van der Waals surface area contributed by atoms with Gasteiger partial charge in [0.05, 0.1) is 6.20 Å². The molecule has 0 saturated carbocycles. The molecule has 1 aliphatic rings. The van der Waals surface area contributed by atoms with Crippen molar-refractivity contribution in [1.29, 1.82) is 0 Å². The van der Waals surface area contributed by atoms with Gasteiger partial charge in [0.2, 0.25) is 6.79 Å². The molecule has 2 heterocycles. The van der Waals surface area contributed by atoms with Crippen LogP contribution in [0.1, 0.15) is 57.9 Å². The second-order valence-electron chi connectivity index (χ2n) is 6.64. The van der Waals surface area contributed by atoms with Crippen LogP contribution in [-0.2, 0) is 17.6 Å². The minimum absolute atomic E-state index is 0.191. The summed E-state index contributed by atoms with van der Waals surface area (Å²) < 4.78 is 26.6. The van der Waals surface area contributed by atoms with E-state index in [1.807, 2.05) is 23.6 Å². The highest BCUT2D eigenvalue weighted by Crippen LogP contribution is 2.33. The smallest absolute Gasteiger partial charge is 0.231 e. The van der Waals surface area contributed by atoms with E-state index in [4.69, 9.17) is 9.47 Å². The van der Waals surface area contributed by atoms with Crippen LogP contribution >= 0.6 is 11.5 Å². The maximum Gasteiger partial charge on any atom is 0.231 e. The Balaban J connectivity index is 0.000000451. The molecule has 1 aliphatic heterocycles. The first-order valence-corrected chi connectivity index (χ1v) is 11.9. The van der Waals surface area contributed by atoms with Gasteiger partial charge in [-0.05, 0) is 49.0 Å². The maximum atomic E-state index is 12.3. The molecular weight excluding hydrogens is 380 g/mol. The summed E-state index contributed by atoms with van der Waals surface area (Å²) in [7, 11) is 0. The molecule has 5 nitrogen and oxygen atoms in total. The van der Waals surface area contributed by atoms with Crippen LogP contribution in [0.2, 0.25) is 0 Å². The fourth-order valence-corrected chi connectivity index (χ4v) is 4.40. The molecule has 2 atom stereocenters. The summed E-state index contributed by atoms with van der Waals surface area (Å²) in [4.78, 5) is 0. The standard InChI is InChI=1S/C18H28O3S.C2H2N2S/c1-3-4-5-6-7-8-11-22(19)15(2)12-16-9-10-17-18(13-16)21-14-20-17;1-2-5-4-3-1/h9-10,13,15H,3-8,11-12,14H2,1-2H3;1-2H. The minimum atomic E-state index is -0.743. The van der Waals surface area contributed by atoms with Crippen LogP contribution in [0.4, 0.5) is 0 Å². The monoisotopic (exact) mass is 410 g/mol. The van der Waals surface area contributed by atoms with E-state index >= 15 is 0 Å². The second-order valence-corrected chi connectivity index (χ2v) is 9.26. The number of ether oxygens (including phenoxy) is 2. The fourth-order valence-electron chi connectivity index (χ4n) is 2.85. The lowest BCUT2D eigenvalue weighted by atomic mass is 10.1. The van der Waals surface area contributed by atoms with Crippen LogP contribution in [0.5, 0.6) is 11.5 Å². The molecule has 2 aromatic rings. The van der Waals surface area contributed by atoms with Crippen LogP contribution in [0.25, 0.3) is 0 Å². The van der Waals surface area contributed by atoms with Gasteiger partial charge < -0.3 is 14.0 Å². The Bertz CT molecular complexity index is 608. The summed E-state index contributed by atoms with van der Waals surface area (Å²) in [5.41, 5.74) is 1.17.